The highest BCUT2D eigenvalue weighted by atomic mass is 19.1. The number of amides is 1. The van der Waals surface area contributed by atoms with Crippen molar-refractivity contribution in [2.24, 2.45) is 0 Å². The molecule has 3 aromatic carbocycles. The number of nitrogens with zero attached hydrogens (tertiary/aromatic N) is 1. The highest BCUT2D eigenvalue weighted by Crippen LogP contribution is 2.43. The van der Waals surface area contributed by atoms with Gasteiger partial charge in [-0.2, -0.15) is 0 Å². The molecule has 0 radical (unpaired) electrons. The molecule has 152 valence electrons. The lowest BCUT2D eigenvalue weighted by molar-refractivity contribution is -0.130. The van der Waals surface area contributed by atoms with Gasteiger partial charge in [-0.3, -0.25) is 4.79 Å². The van der Waals surface area contributed by atoms with Crippen LogP contribution in [0.1, 0.15) is 40.8 Å². The molecule has 1 heterocycles. The van der Waals surface area contributed by atoms with Gasteiger partial charge in [0.05, 0.1) is 6.04 Å². The maximum atomic E-state index is 13.3. The molecule has 30 heavy (non-hydrogen) atoms. The van der Waals surface area contributed by atoms with Crippen molar-refractivity contribution in [3.63, 3.8) is 0 Å². The molecule has 1 aliphatic heterocycles. The van der Waals surface area contributed by atoms with Crippen LogP contribution in [0.2, 0.25) is 0 Å². The molecule has 4 heteroatoms. The summed E-state index contributed by atoms with van der Waals surface area (Å²) in [5.74, 6) is -0.968. The molecule has 1 amide bonds. The first kappa shape index (κ1) is 19.9. The van der Waals surface area contributed by atoms with Gasteiger partial charge in [0, 0.05) is 12.1 Å². The minimum absolute atomic E-state index is 0.231. The standard InChI is InChI=1S/C26H24FNO2/c1-3-18-6-12-21(13-7-18)24-23(20-10-4-17(2)5-11-20)25(29)26(30)28(24)16-19-8-14-22(27)15-9-19/h4-15,24,29H,3,16H2,1-2H3/t24-/m0/s1. The first-order chi connectivity index (χ1) is 14.5. The van der Waals surface area contributed by atoms with E-state index in [-0.39, 0.29) is 18.1 Å². The summed E-state index contributed by atoms with van der Waals surface area (Å²) in [4.78, 5) is 14.7. The minimum atomic E-state index is -0.420. The topological polar surface area (TPSA) is 40.5 Å². The molecule has 1 aliphatic rings. The van der Waals surface area contributed by atoms with Gasteiger partial charge in [-0.05, 0) is 47.7 Å². The zero-order chi connectivity index (χ0) is 21.3. The highest BCUT2D eigenvalue weighted by molar-refractivity contribution is 6.05. The quantitative estimate of drug-likeness (QED) is 0.591. The number of aliphatic hydroxyl groups is 1. The van der Waals surface area contributed by atoms with Gasteiger partial charge in [0.15, 0.2) is 5.76 Å². The van der Waals surface area contributed by atoms with E-state index in [4.69, 9.17) is 0 Å². The Morgan fingerprint density at radius 1 is 0.900 bits per heavy atom. The van der Waals surface area contributed by atoms with Gasteiger partial charge < -0.3 is 10.0 Å². The maximum absolute atomic E-state index is 13.3. The minimum Gasteiger partial charge on any atom is -0.503 e. The van der Waals surface area contributed by atoms with E-state index < -0.39 is 11.9 Å². The van der Waals surface area contributed by atoms with Gasteiger partial charge in [-0.15, -0.1) is 0 Å². The molecule has 1 atom stereocenters. The summed E-state index contributed by atoms with van der Waals surface area (Å²) in [5, 5.41) is 10.8. The van der Waals surface area contributed by atoms with Crippen LogP contribution in [0.5, 0.6) is 0 Å². The van der Waals surface area contributed by atoms with E-state index in [1.807, 2.05) is 43.3 Å². The number of benzene rings is 3. The van der Waals surface area contributed by atoms with Gasteiger partial charge >= 0.3 is 0 Å². The fraction of sp³-hybridized carbons (Fsp3) is 0.192. The van der Waals surface area contributed by atoms with E-state index in [0.29, 0.717) is 5.57 Å². The van der Waals surface area contributed by atoms with Crippen LogP contribution in [0.15, 0.2) is 78.6 Å². The van der Waals surface area contributed by atoms with E-state index >= 15 is 0 Å². The molecule has 0 aromatic heterocycles. The van der Waals surface area contributed by atoms with E-state index in [1.165, 1.54) is 17.7 Å². The van der Waals surface area contributed by atoms with E-state index in [1.54, 1.807) is 17.0 Å². The van der Waals surface area contributed by atoms with Crippen molar-refractivity contribution >= 4 is 11.5 Å². The fourth-order valence-corrected chi connectivity index (χ4v) is 3.91. The Bertz CT molecular complexity index is 1080. The normalized spacial score (nSPS) is 16.4. The summed E-state index contributed by atoms with van der Waals surface area (Å²) < 4.78 is 13.3. The Morgan fingerprint density at radius 2 is 1.50 bits per heavy atom. The molecule has 0 saturated carbocycles. The first-order valence-corrected chi connectivity index (χ1v) is 10.1. The van der Waals surface area contributed by atoms with Crippen LogP contribution in [-0.2, 0) is 17.8 Å². The molecular formula is C26H24FNO2. The molecule has 4 rings (SSSR count). The number of carbonyl (C=O) groups is 1. The number of hydrogen-bond donors (Lipinski definition) is 1. The Morgan fingerprint density at radius 3 is 2.10 bits per heavy atom. The molecule has 3 nitrogen and oxygen atoms in total. The van der Waals surface area contributed by atoms with E-state index in [2.05, 4.69) is 19.1 Å². The summed E-state index contributed by atoms with van der Waals surface area (Å²) in [7, 11) is 0. The average Bonchev–Trinajstić information content (AvgIpc) is 3.01. The molecule has 3 aromatic rings. The SMILES string of the molecule is CCc1ccc([C@H]2C(c3ccc(C)cc3)=C(O)C(=O)N2Cc2ccc(F)cc2)cc1. The van der Waals surface area contributed by atoms with E-state index in [0.717, 1.165) is 28.7 Å². The van der Waals surface area contributed by atoms with Crippen LogP contribution in [0, 0.1) is 12.7 Å². The summed E-state index contributed by atoms with van der Waals surface area (Å²) in [6.45, 7) is 4.37. The average molecular weight is 401 g/mol. The van der Waals surface area contributed by atoms with Gasteiger partial charge in [0.25, 0.3) is 5.91 Å². The first-order valence-electron chi connectivity index (χ1n) is 10.1. The predicted octanol–water partition coefficient (Wildman–Crippen LogP) is 5.75. The Labute approximate surface area is 176 Å². The van der Waals surface area contributed by atoms with Gasteiger partial charge in [-0.25, -0.2) is 4.39 Å². The largest absolute Gasteiger partial charge is 0.503 e. The third-order valence-corrected chi connectivity index (χ3v) is 5.64. The number of rotatable bonds is 5. The molecule has 0 saturated heterocycles. The van der Waals surface area contributed by atoms with Crippen molar-refractivity contribution < 1.29 is 14.3 Å². The Balaban J connectivity index is 1.79. The van der Waals surface area contributed by atoms with Crippen LogP contribution >= 0.6 is 0 Å². The molecule has 1 N–H and O–H groups in total. The van der Waals surface area contributed by atoms with Crippen LogP contribution in [-0.4, -0.2) is 15.9 Å². The summed E-state index contributed by atoms with van der Waals surface area (Å²) in [6.07, 6.45) is 0.926. The summed E-state index contributed by atoms with van der Waals surface area (Å²) >= 11 is 0. The number of halogens is 1. The second-order valence-corrected chi connectivity index (χ2v) is 7.69. The summed E-state index contributed by atoms with van der Waals surface area (Å²) in [6, 6.07) is 21.6. The lowest BCUT2D eigenvalue weighted by Gasteiger charge is -2.27. The van der Waals surface area contributed by atoms with Crippen LogP contribution in [0.3, 0.4) is 0 Å². The lowest BCUT2D eigenvalue weighted by atomic mass is 9.92. The molecule has 0 bridgehead atoms. The third-order valence-electron chi connectivity index (χ3n) is 5.64. The monoisotopic (exact) mass is 401 g/mol. The molecule has 0 fully saturated rings. The highest BCUT2D eigenvalue weighted by Gasteiger charge is 2.40. The van der Waals surface area contributed by atoms with Crippen LogP contribution in [0.4, 0.5) is 4.39 Å². The Hall–Kier alpha value is -3.40. The molecule has 0 unspecified atom stereocenters. The smallest absolute Gasteiger partial charge is 0.290 e. The van der Waals surface area contributed by atoms with Gasteiger partial charge in [0.1, 0.15) is 5.82 Å². The summed E-state index contributed by atoms with van der Waals surface area (Å²) in [5.41, 5.74) is 5.47. The van der Waals surface area contributed by atoms with Crippen LogP contribution < -0.4 is 0 Å². The Kier molecular flexibility index (Phi) is 5.40. The van der Waals surface area contributed by atoms with Crippen LogP contribution in [0.25, 0.3) is 5.57 Å². The van der Waals surface area contributed by atoms with Crippen molar-refractivity contribution in [2.45, 2.75) is 32.9 Å². The number of aryl methyl sites for hydroxylation is 2. The second kappa shape index (κ2) is 8.15. The number of aliphatic hydroxyl groups excluding tert-OH is 1. The molecule has 0 aliphatic carbocycles. The van der Waals surface area contributed by atoms with E-state index in [9.17, 15) is 14.3 Å². The van der Waals surface area contributed by atoms with Crippen molar-refractivity contribution in [2.75, 3.05) is 0 Å². The van der Waals surface area contributed by atoms with Crippen molar-refractivity contribution in [1.82, 2.24) is 4.90 Å². The third kappa shape index (κ3) is 3.73. The van der Waals surface area contributed by atoms with Crippen molar-refractivity contribution in [1.29, 1.82) is 0 Å². The fourth-order valence-electron chi connectivity index (χ4n) is 3.91. The second-order valence-electron chi connectivity index (χ2n) is 7.69. The zero-order valence-corrected chi connectivity index (χ0v) is 17.1. The maximum Gasteiger partial charge on any atom is 0.290 e. The lowest BCUT2D eigenvalue weighted by Crippen LogP contribution is -2.29. The van der Waals surface area contributed by atoms with Gasteiger partial charge in [0.2, 0.25) is 0 Å². The van der Waals surface area contributed by atoms with Crippen molar-refractivity contribution in [3.8, 4) is 0 Å². The number of hydrogen-bond acceptors (Lipinski definition) is 2. The molecule has 0 spiro atoms. The van der Waals surface area contributed by atoms with Gasteiger partial charge in [-0.1, -0.05) is 73.2 Å². The molecular weight excluding hydrogens is 377 g/mol. The number of carbonyl (C=O) groups excluding carboxylic acids is 1. The van der Waals surface area contributed by atoms with Crippen molar-refractivity contribution in [3.05, 3.63) is 112 Å². The zero-order valence-electron chi connectivity index (χ0n) is 17.1. The predicted molar refractivity (Wildman–Crippen MR) is 116 cm³/mol.